The zero-order chi connectivity index (χ0) is 15.9. The van der Waals surface area contributed by atoms with Gasteiger partial charge in [-0.05, 0) is 46.9 Å². The minimum Gasteiger partial charge on any atom is -0.357 e. The molecule has 0 unspecified atom stereocenters. The van der Waals surface area contributed by atoms with Gasteiger partial charge < -0.3 is 4.98 Å². The van der Waals surface area contributed by atoms with Crippen LogP contribution in [0.1, 0.15) is 33.7 Å². The first-order valence-electron chi connectivity index (χ1n) is 6.57. The number of hydrogen-bond donors (Lipinski definition) is 3. The number of ketones is 1. The Kier molecular flexibility index (Phi) is 5.70. The largest absolute Gasteiger partial charge is 0.357 e. The van der Waals surface area contributed by atoms with Crippen molar-refractivity contribution in [3.8, 4) is 0 Å². The first-order valence-corrected chi connectivity index (χ1v) is 7.65. The van der Waals surface area contributed by atoms with E-state index in [1.807, 2.05) is 12.1 Å². The van der Waals surface area contributed by atoms with Gasteiger partial charge in [-0.15, -0.1) is 0 Å². The van der Waals surface area contributed by atoms with Crippen LogP contribution in [0.25, 0.3) is 0 Å². The van der Waals surface area contributed by atoms with Crippen molar-refractivity contribution in [2.24, 2.45) is 0 Å². The molecule has 7 heteroatoms. The average Bonchev–Trinajstić information content (AvgIpc) is 3.05. The Morgan fingerprint density at radius 2 is 1.73 bits per heavy atom. The number of Topliss-reactive ketones (excluding diaryl/α,β-unsaturated/α-hetero) is 1. The molecule has 0 bridgehead atoms. The van der Waals surface area contributed by atoms with Crippen LogP contribution in [-0.4, -0.2) is 22.6 Å². The number of nitrogens with one attached hydrogen (secondary N) is 3. The Hall–Kier alpha value is -2.16. The fourth-order valence-electron chi connectivity index (χ4n) is 1.74. The summed E-state index contributed by atoms with van der Waals surface area (Å²) in [5, 5.41) is 0. The molecule has 6 nitrogen and oxygen atoms in total. The van der Waals surface area contributed by atoms with E-state index in [2.05, 4.69) is 38.4 Å². The lowest BCUT2D eigenvalue weighted by Gasteiger charge is -2.06. The third kappa shape index (κ3) is 4.69. The standard InChI is InChI=1S/C15H14IN3O3/c16-11-5-3-10(4-6-11)13(20)7-8-14(21)18-19-15(22)12-2-1-9-17-12/h1-6,9,17H,7-8H2,(H,18,21)(H,19,22). The van der Waals surface area contributed by atoms with E-state index in [0.717, 1.165) is 3.57 Å². The summed E-state index contributed by atoms with van der Waals surface area (Å²) < 4.78 is 1.04. The van der Waals surface area contributed by atoms with Crippen molar-refractivity contribution in [2.45, 2.75) is 12.8 Å². The summed E-state index contributed by atoms with van der Waals surface area (Å²) >= 11 is 2.16. The number of rotatable bonds is 5. The van der Waals surface area contributed by atoms with Crippen LogP contribution in [0.4, 0.5) is 0 Å². The molecule has 0 saturated carbocycles. The summed E-state index contributed by atoms with van der Waals surface area (Å²) in [5.41, 5.74) is 5.46. The van der Waals surface area contributed by atoms with Crippen LogP contribution in [-0.2, 0) is 4.79 Å². The van der Waals surface area contributed by atoms with Crippen LogP contribution in [0.15, 0.2) is 42.6 Å². The number of carbonyl (C=O) groups is 3. The molecule has 0 saturated heterocycles. The maximum absolute atomic E-state index is 11.9. The molecule has 2 rings (SSSR count). The number of H-pyrrole nitrogens is 1. The monoisotopic (exact) mass is 411 g/mol. The Balaban J connectivity index is 1.74. The van der Waals surface area contributed by atoms with Crippen molar-refractivity contribution in [3.63, 3.8) is 0 Å². The number of amides is 2. The van der Waals surface area contributed by atoms with E-state index in [9.17, 15) is 14.4 Å². The number of hydrazine groups is 1. The molecule has 114 valence electrons. The molecule has 0 atom stereocenters. The zero-order valence-corrected chi connectivity index (χ0v) is 13.7. The number of aromatic nitrogens is 1. The Bertz CT molecular complexity index is 666. The molecule has 0 aliphatic rings. The second-order valence-corrected chi connectivity index (χ2v) is 5.76. The van der Waals surface area contributed by atoms with Crippen molar-refractivity contribution in [1.29, 1.82) is 0 Å². The fourth-order valence-corrected chi connectivity index (χ4v) is 2.09. The molecule has 2 aromatic rings. The van der Waals surface area contributed by atoms with Crippen LogP contribution >= 0.6 is 22.6 Å². The highest BCUT2D eigenvalue weighted by Gasteiger charge is 2.11. The van der Waals surface area contributed by atoms with Gasteiger partial charge in [-0.3, -0.25) is 25.2 Å². The van der Waals surface area contributed by atoms with Gasteiger partial charge in [0.25, 0.3) is 5.91 Å². The maximum Gasteiger partial charge on any atom is 0.286 e. The first-order chi connectivity index (χ1) is 10.6. The molecule has 0 spiro atoms. The van der Waals surface area contributed by atoms with Crippen molar-refractivity contribution in [1.82, 2.24) is 15.8 Å². The van der Waals surface area contributed by atoms with Gasteiger partial charge in [0.2, 0.25) is 5.91 Å². The Labute approximate surface area is 140 Å². The number of carbonyl (C=O) groups excluding carboxylic acids is 3. The van der Waals surface area contributed by atoms with Gasteiger partial charge in [0.05, 0.1) is 0 Å². The molecule has 0 aliphatic heterocycles. The van der Waals surface area contributed by atoms with E-state index in [1.165, 1.54) is 0 Å². The van der Waals surface area contributed by atoms with E-state index in [-0.39, 0.29) is 18.6 Å². The number of benzene rings is 1. The second kappa shape index (κ2) is 7.74. The lowest BCUT2D eigenvalue weighted by molar-refractivity contribution is -0.121. The van der Waals surface area contributed by atoms with E-state index in [0.29, 0.717) is 11.3 Å². The smallest absolute Gasteiger partial charge is 0.286 e. The molecule has 0 fully saturated rings. The van der Waals surface area contributed by atoms with Crippen molar-refractivity contribution in [3.05, 3.63) is 57.4 Å². The van der Waals surface area contributed by atoms with Crippen molar-refractivity contribution >= 4 is 40.2 Å². The van der Waals surface area contributed by atoms with Gasteiger partial charge in [0, 0.05) is 28.2 Å². The van der Waals surface area contributed by atoms with E-state index < -0.39 is 11.8 Å². The highest BCUT2D eigenvalue weighted by atomic mass is 127. The summed E-state index contributed by atoms with van der Waals surface area (Å²) in [5.74, 6) is -0.969. The van der Waals surface area contributed by atoms with Gasteiger partial charge in [0.15, 0.2) is 5.78 Å². The van der Waals surface area contributed by atoms with Gasteiger partial charge >= 0.3 is 0 Å². The maximum atomic E-state index is 11.9. The van der Waals surface area contributed by atoms with E-state index in [1.54, 1.807) is 30.5 Å². The molecule has 0 aliphatic carbocycles. The quantitative estimate of drug-likeness (QED) is 0.400. The molecular formula is C15H14IN3O3. The van der Waals surface area contributed by atoms with Crippen LogP contribution in [0.2, 0.25) is 0 Å². The minimum absolute atomic E-state index is 0.00975. The number of hydrogen-bond acceptors (Lipinski definition) is 3. The van der Waals surface area contributed by atoms with Crippen molar-refractivity contribution < 1.29 is 14.4 Å². The van der Waals surface area contributed by atoms with Crippen LogP contribution in [0.3, 0.4) is 0 Å². The second-order valence-electron chi connectivity index (χ2n) is 4.52. The van der Waals surface area contributed by atoms with Gasteiger partial charge in [-0.25, -0.2) is 0 Å². The lowest BCUT2D eigenvalue weighted by atomic mass is 10.1. The highest BCUT2D eigenvalue weighted by Crippen LogP contribution is 2.09. The third-order valence-electron chi connectivity index (χ3n) is 2.90. The molecule has 0 radical (unpaired) electrons. The van der Waals surface area contributed by atoms with Gasteiger partial charge in [-0.2, -0.15) is 0 Å². The van der Waals surface area contributed by atoms with E-state index in [4.69, 9.17) is 0 Å². The summed E-state index contributed by atoms with van der Waals surface area (Å²) in [6.07, 6.45) is 1.71. The lowest BCUT2D eigenvalue weighted by Crippen LogP contribution is -2.41. The average molecular weight is 411 g/mol. The molecule has 2 amide bonds. The Morgan fingerprint density at radius 3 is 2.36 bits per heavy atom. The van der Waals surface area contributed by atoms with Crippen LogP contribution in [0, 0.1) is 3.57 Å². The predicted octanol–water partition coefficient (Wildman–Crippen LogP) is 2.04. The molecule has 1 aromatic heterocycles. The number of halogens is 1. The van der Waals surface area contributed by atoms with Crippen LogP contribution in [0.5, 0.6) is 0 Å². The van der Waals surface area contributed by atoms with Crippen molar-refractivity contribution in [2.75, 3.05) is 0 Å². The molecule has 1 aromatic carbocycles. The summed E-state index contributed by atoms with van der Waals surface area (Å²) in [4.78, 5) is 37.8. The summed E-state index contributed by atoms with van der Waals surface area (Å²) in [6, 6.07) is 10.4. The third-order valence-corrected chi connectivity index (χ3v) is 3.62. The molecule has 22 heavy (non-hydrogen) atoms. The topological polar surface area (TPSA) is 91.1 Å². The normalized spacial score (nSPS) is 10.0. The van der Waals surface area contributed by atoms with E-state index >= 15 is 0 Å². The number of aromatic amines is 1. The SMILES string of the molecule is O=C(CCC(=O)c1ccc(I)cc1)NNC(=O)c1ccc[nH]1. The van der Waals surface area contributed by atoms with Gasteiger partial charge in [0.1, 0.15) is 5.69 Å². The summed E-state index contributed by atoms with van der Waals surface area (Å²) in [7, 11) is 0. The highest BCUT2D eigenvalue weighted by molar-refractivity contribution is 14.1. The summed E-state index contributed by atoms with van der Waals surface area (Å²) in [6.45, 7) is 0. The first kappa shape index (κ1) is 16.2. The van der Waals surface area contributed by atoms with Gasteiger partial charge in [-0.1, -0.05) is 12.1 Å². The Morgan fingerprint density at radius 1 is 1.00 bits per heavy atom. The molecular weight excluding hydrogens is 397 g/mol. The molecule has 3 N–H and O–H groups in total. The van der Waals surface area contributed by atoms with Crippen LogP contribution < -0.4 is 10.9 Å². The minimum atomic E-state index is -0.442. The molecule has 1 heterocycles. The fraction of sp³-hybridized carbons (Fsp3) is 0.133. The zero-order valence-electron chi connectivity index (χ0n) is 11.6. The predicted molar refractivity (Wildman–Crippen MR) is 89.1 cm³/mol.